The number of fused-ring (bicyclic) bond motifs is 1. The van der Waals surface area contributed by atoms with Crippen molar-refractivity contribution in [2.75, 3.05) is 11.9 Å². The second kappa shape index (κ2) is 6.71. The molecule has 138 valence electrons. The highest BCUT2D eigenvalue weighted by atomic mass is 16.3. The van der Waals surface area contributed by atoms with E-state index in [4.69, 9.17) is 4.98 Å². The van der Waals surface area contributed by atoms with Crippen LogP contribution in [0.4, 0.5) is 5.82 Å². The van der Waals surface area contributed by atoms with Gasteiger partial charge in [0.25, 0.3) is 0 Å². The quantitative estimate of drug-likeness (QED) is 0.504. The lowest BCUT2D eigenvalue weighted by molar-refractivity contribution is 0.475. The number of rotatable bonds is 5. The maximum atomic E-state index is 9.39. The lowest BCUT2D eigenvalue weighted by atomic mass is 10.1. The first-order valence-electron chi connectivity index (χ1n) is 8.76. The molecule has 0 bridgehead atoms. The molecule has 0 saturated carbocycles. The highest BCUT2D eigenvalue weighted by molar-refractivity contribution is 5.85. The van der Waals surface area contributed by atoms with Gasteiger partial charge in [-0.25, -0.2) is 15.0 Å². The second-order valence-electron chi connectivity index (χ2n) is 6.51. The molecule has 0 atom stereocenters. The van der Waals surface area contributed by atoms with Gasteiger partial charge in [0, 0.05) is 19.3 Å². The third-order valence-corrected chi connectivity index (χ3v) is 4.66. The summed E-state index contributed by atoms with van der Waals surface area (Å²) in [5.41, 5.74) is 5.37. The Kier molecular flexibility index (Phi) is 4.23. The van der Waals surface area contributed by atoms with Crippen LogP contribution in [0.5, 0.6) is 5.75 Å². The van der Waals surface area contributed by atoms with Crippen LogP contribution in [0, 0.1) is 13.8 Å². The number of hydrogen-bond donors (Lipinski definition) is 3. The Bertz CT molecular complexity index is 1100. The van der Waals surface area contributed by atoms with Gasteiger partial charge in [0.05, 0.1) is 17.6 Å². The van der Waals surface area contributed by atoms with Crippen molar-refractivity contribution >= 4 is 17.0 Å². The molecule has 0 aliphatic rings. The Labute approximate surface area is 156 Å². The summed E-state index contributed by atoms with van der Waals surface area (Å²) >= 11 is 0. The average Bonchev–Trinajstić information content (AvgIpc) is 3.21. The standard InChI is InChI=1S/C19H21N7O/c1-11-15(12(2)26(3)25-11)17-23-18(16-19(24-17)22-10-21-16)20-9-8-13-4-6-14(27)7-5-13/h4-7,10,27H,8-9H2,1-3H3,(H2,20,21,22,23,24). The molecular formula is C19H21N7O. The molecule has 0 fully saturated rings. The Morgan fingerprint density at radius 3 is 2.63 bits per heavy atom. The number of aromatic hydroxyl groups is 1. The van der Waals surface area contributed by atoms with Crippen molar-refractivity contribution in [2.24, 2.45) is 7.05 Å². The number of aromatic nitrogens is 6. The lowest BCUT2D eigenvalue weighted by Crippen LogP contribution is -2.08. The molecule has 0 amide bonds. The molecule has 0 aliphatic carbocycles. The van der Waals surface area contributed by atoms with Crippen LogP contribution in [0.25, 0.3) is 22.6 Å². The molecule has 0 aliphatic heterocycles. The van der Waals surface area contributed by atoms with Gasteiger partial charge in [-0.2, -0.15) is 5.10 Å². The lowest BCUT2D eigenvalue weighted by Gasteiger charge is -2.09. The molecule has 0 saturated heterocycles. The van der Waals surface area contributed by atoms with Crippen molar-refractivity contribution in [1.82, 2.24) is 29.7 Å². The van der Waals surface area contributed by atoms with Crippen molar-refractivity contribution in [3.05, 3.63) is 47.5 Å². The Balaban J connectivity index is 1.64. The van der Waals surface area contributed by atoms with Gasteiger partial charge in [0.1, 0.15) is 11.3 Å². The minimum Gasteiger partial charge on any atom is -0.508 e. The highest BCUT2D eigenvalue weighted by Crippen LogP contribution is 2.27. The number of aromatic amines is 1. The fourth-order valence-corrected chi connectivity index (χ4v) is 3.16. The zero-order valence-corrected chi connectivity index (χ0v) is 15.5. The first-order chi connectivity index (χ1) is 13.0. The first-order valence-corrected chi connectivity index (χ1v) is 8.76. The van der Waals surface area contributed by atoms with Crippen molar-refractivity contribution < 1.29 is 5.11 Å². The van der Waals surface area contributed by atoms with E-state index in [1.54, 1.807) is 18.5 Å². The number of nitrogens with one attached hydrogen (secondary N) is 2. The van der Waals surface area contributed by atoms with E-state index in [1.807, 2.05) is 37.7 Å². The summed E-state index contributed by atoms with van der Waals surface area (Å²) in [5.74, 6) is 1.60. The van der Waals surface area contributed by atoms with Gasteiger partial charge in [-0.15, -0.1) is 0 Å². The Morgan fingerprint density at radius 1 is 1.15 bits per heavy atom. The number of benzene rings is 1. The highest BCUT2D eigenvalue weighted by Gasteiger charge is 2.18. The number of imidazole rings is 1. The van der Waals surface area contributed by atoms with Gasteiger partial charge in [-0.3, -0.25) is 4.68 Å². The van der Waals surface area contributed by atoms with E-state index < -0.39 is 0 Å². The molecule has 8 heteroatoms. The zero-order valence-electron chi connectivity index (χ0n) is 15.5. The summed E-state index contributed by atoms with van der Waals surface area (Å²) in [4.78, 5) is 16.8. The van der Waals surface area contributed by atoms with Crippen LogP contribution in [-0.2, 0) is 13.5 Å². The van der Waals surface area contributed by atoms with Crippen molar-refractivity contribution in [3.63, 3.8) is 0 Å². The van der Waals surface area contributed by atoms with Crippen LogP contribution >= 0.6 is 0 Å². The Morgan fingerprint density at radius 2 is 1.93 bits per heavy atom. The van der Waals surface area contributed by atoms with E-state index in [0.717, 1.165) is 34.5 Å². The molecule has 3 aromatic heterocycles. The van der Waals surface area contributed by atoms with E-state index in [1.165, 1.54) is 0 Å². The molecule has 4 rings (SSSR count). The number of anilines is 1. The molecule has 4 aromatic rings. The Hall–Kier alpha value is -3.42. The van der Waals surface area contributed by atoms with Gasteiger partial charge in [-0.05, 0) is 38.0 Å². The molecular weight excluding hydrogens is 342 g/mol. The van der Waals surface area contributed by atoms with Gasteiger partial charge in [0.15, 0.2) is 17.3 Å². The fourth-order valence-electron chi connectivity index (χ4n) is 3.16. The van der Waals surface area contributed by atoms with Crippen LogP contribution < -0.4 is 5.32 Å². The van der Waals surface area contributed by atoms with Gasteiger partial charge >= 0.3 is 0 Å². The van der Waals surface area contributed by atoms with Gasteiger partial charge < -0.3 is 15.4 Å². The predicted octanol–water partition coefficient (Wildman–Crippen LogP) is 2.73. The smallest absolute Gasteiger partial charge is 0.183 e. The topological polar surface area (TPSA) is 105 Å². The molecule has 3 N–H and O–H groups in total. The number of phenolic OH excluding ortho intramolecular Hbond substituents is 1. The summed E-state index contributed by atoms with van der Waals surface area (Å²) < 4.78 is 1.83. The fraction of sp³-hybridized carbons (Fsp3) is 0.263. The largest absolute Gasteiger partial charge is 0.508 e. The van der Waals surface area contributed by atoms with E-state index >= 15 is 0 Å². The van der Waals surface area contributed by atoms with Crippen LogP contribution in [0.15, 0.2) is 30.6 Å². The third-order valence-electron chi connectivity index (χ3n) is 4.66. The number of H-pyrrole nitrogens is 1. The van der Waals surface area contributed by atoms with Crippen LogP contribution in [0.1, 0.15) is 17.0 Å². The molecule has 0 unspecified atom stereocenters. The van der Waals surface area contributed by atoms with Crippen molar-refractivity contribution in [1.29, 1.82) is 0 Å². The average molecular weight is 363 g/mol. The number of hydrogen-bond acceptors (Lipinski definition) is 6. The molecule has 27 heavy (non-hydrogen) atoms. The molecule has 1 aromatic carbocycles. The SMILES string of the molecule is Cc1nn(C)c(C)c1-c1nc(NCCc2ccc(O)cc2)c2[nH]cnc2n1. The second-order valence-corrected chi connectivity index (χ2v) is 6.51. The monoisotopic (exact) mass is 363 g/mol. The summed E-state index contributed by atoms with van der Waals surface area (Å²) in [7, 11) is 1.91. The van der Waals surface area contributed by atoms with Crippen molar-refractivity contribution in [2.45, 2.75) is 20.3 Å². The van der Waals surface area contributed by atoms with E-state index in [0.29, 0.717) is 23.8 Å². The van der Waals surface area contributed by atoms with Gasteiger partial charge in [-0.1, -0.05) is 12.1 Å². The number of aryl methyl sites for hydroxylation is 2. The van der Waals surface area contributed by atoms with Crippen LogP contribution in [-0.4, -0.2) is 41.4 Å². The predicted molar refractivity (Wildman–Crippen MR) is 104 cm³/mol. The summed E-state index contributed by atoms with van der Waals surface area (Å²) in [5, 5.41) is 17.2. The zero-order chi connectivity index (χ0) is 19.0. The number of phenols is 1. The van der Waals surface area contributed by atoms with E-state index in [9.17, 15) is 5.11 Å². The molecule has 8 nitrogen and oxygen atoms in total. The van der Waals surface area contributed by atoms with E-state index in [-0.39, 0.29) is 5.75 Å². The summed E-state index contributed by atoms with van der Waals surface area (Å²) in [6.45, 7) is 4.66. The molecule has 0 radical (unpaired) electrons. The first kappa shape index (κ1) is 17.0. The van der Waals surface area contributed by atoms with E-state index in [2.05, 4.69) is 25.4 Å². The minimum absolute atomic E-state index is 0.272. The van der Waals surface area contributed by atoms with Crippen LogP contribution in [0.2, 0.25) is 0 Å². The normalized spacial score (nSPS) is 11.2. The van der Waals surface area contributed by atoms with Crippen LogP contribution in [0.3, 0.4) is 0 Å². The van der Waals surface area contributed by atoms with Crippen molar-refractivity contribution in [3.8, 4) is 17.1 Å². The minimum atomic E-state index is 0.272. The maximum Gasteiger partial charge on any atom is 0.183 e. The molecule has 3 heterocycles. The summed E-state index contributed by atoms with van der Waals surface area (Å²) in [6.07, 6.45) is 2.43. The maximum absolute atomic E-state index is 9.39. The summed E-state index contributed by atoms with van der Waals surface area (Å²) in [6, 6.07) is 7.21. The molecule has 0 spiro atoms. The van der Waals surface area contributed by atoms with Gasteiger partial charge in [0.2, 0.25) is 0 Å². The number of nitrogens with zero attached hydrogens (tertiary/aromatic N) is 5. The third kappa shape index (κ3) is 3.21.